The molecule has 1 amide bonds. The Balaban J connectivity index is 1.76. The van der Waals surface area contributed by atoms with E-state index < -0.39 is 58.9 Å². The van der Waals surface area contributed by atoms with Gasteiger partial charge in [0.15, 0.2) is 5.76 Å². The van der Waals surface area contributed by atoms with E-state index in [9.17, 15) is 31.5 Å². The predicted molar refractivity (Wildman–Crippen MR) is 79.5 cm³/mol. The van der Waals surface area contributed by atoms with Crippen molar-refractivity contribution in [3.63, 3.8) is 0 Å². The summed E-state index contributed by atoms with van der Waals surface area (Å²) in [5, 5.41) is 5.05. The first kappa shape index (κ1) is 19.2. The number of ketones is 1. The molecular weight excluding hydrogens is 393 g/mol. The predicted octanol–water partition coefficient (Wildman–Crippen LogP) is 3.13. The van der Waals surface area contributed by atoms with E-state index in [1.165, 1.54) is 18.4 Å². The molecule has 3 aromatic rings. The molecule has 146 valence electrons. The van der Waals surface area contributed by atoms with Crippen LogP contribution in [-0.4, -0.2) is 21.8 Å². The molecule has 0 bridgehead atoms. The number of amides is 1. The molecule has 0 aliphatic rings. The quantitative estimate of drug-likeness (QED) is 0.401. The van der Waals surface area contributed by atoms with Crippen LogP contribution in [0, 0.1) is 11.6 Å². The fraction of sp³-hybridized carbons (Fsp3) is 0.125. The number of hydrogen-bond donors (Lipinski definition) is 1. The first-order valence-electron chi connectivity index (χ1n) is 7.42. The number of nitrogens with zero attached hydrogens (tertiary/aromatic N) is 2. The topological polar surface area (TPSA) is 98.2 Å². The van der Waals surface area contributed by atoms with Crippen LogP contribution in [0.2, 0.25) is 0 Å². The van der Waals surface area contributed by atoms with Crippen LogP contribution in [0.3, 0.4) is 0 Å². The molecule has 3 rings (SSSR count). The summed E-state index contributed by atoms with van der Waals surface area (Å²) in [6.07, 6.45) is -3.74. The Kier molecular flexibility index (Phi) is 4.94. The van der Waals surface area contributed by atoms with Crippen molar-refractivity contribution in [1.82, 2.24) is 15.5 Å². The van der Waals surface area contributed by atoms with Gasteiger partial charge in [0.2, 0.25) is 5.82 Å². The third-order valence-corrected chi connectivity index (χ3v) is 3.44. The number of furan rings is 1. The van der Waals surface area contributed by atoms with Gasteiger partial charge in [-0.05, 0) is 24.3 Å². The Labute approximate surface area is 152 Å². The number of rotatable bonds is 5. The van der Waals surface area contributed by atoms with E-state index in [1.54, 1.807) is 0 Å². The van der Waals surface area contributed by atoms with Gasteiger partial charge in [0, 0.05) is 17.7 Å². The van der Waals surface area contributed by atoms with Crippen molar-refractivity contribution in [2.45, 2.75) is 12.7 Å². The lowest BCUT2D eigenvalue weighted by atomic mass is 10.1. The number of carbonyl (C=O) groups excluding carboxylic acids is 2. The molecule has 1 aromatic carbocycles. The first-order chi connectivity index (χ1) is 13.2. The zero-order valence-electron chi connectivity index (χ0n) is 13.5. The van der Waals surface area contributed by atoms with Crippen molar-refractivity contribution in [3.05, 3.63) is 59.4 Å². The molecule has 0 spiro atoms. The second-order valence-electron chi connectivity index (χ2n) is 5.33. The molecule has 28 heavy (non-hydrogen) atoms. The van der Waals surface area contributed by atoms with Crippen LogP contribution in [0.5, 0.6) is 0 Å². The van der Waals surface area contributed by atoms with Crippen LogP contribution in [-0.2, 0) is 17.5 Å². The molecule has 2 heterocycles. The standard InChI is InChI=1S/C16H8F5N3O4/c17-9-4-7(13-23-15(28-24-13)16(19,20)21)5-10(18)8(9)6-22-14(26)12(25)11-2-1-3-27-11/h1-5H,6H2,(H,22,26). The molecule has 2 aromatic heterocycles. The van der Waals surface area contributed by atoms with Crippen LogP contribution in [0.4, 0.5) is 22.0 Å². The first-order valence-corrected chi connectivity index (χ1v) is 7.42. The molecule has 12 heteroatoms. The number of aromatic nitrogens is 2. The average molecular weight is 401 g/mol. The number of nitrogens with one attached hydrogen (secondary N) is 1. The van der Waals surface area contributed by atoms with Gasteiger partial charge in [0.05, 0.1) is 6.26 Å². The molecule has 1 N–H and O–H groups in total. The van der Waals surface area contributed by atoms with E-state index in [1.807, 2.05) is 5.32 Å². The molecule has 7 nitrogen and oxygen atoms in total. The van der Waals surface area contributed by atoms with Crippen molar-refractivity contribution in [1.29, 1.82) is 0 Å². The maximum absolute atomic E-state index is 14.2. The number of halogens is 5. The van der Waals surface area contributed by atoms with E-state index in [2.05, 4.69) is 14.7 Å². The van der Waals surface area contributed by atoms with Gasteiger partial charge in [0.1, 0.15) is 11.6 Å². The summed E-state index contributed by atoms with van der Waals surface area (Å²) in [6.45, 7) is -0.691. The highest BCUT2D eigenvalue weighted by Gasteiger charge is 2.38. The van der Waals surface area contributed by atoms with Crippen molar-refractivity contribution in [2.24, 2.45) is 0 Å². The SMILES string of the molecule is O=C(NCc1c(F)cc(-c2noc(C(F)(F)F)n2)cc1F)C(=O)c1ccco1. The van der Waals surface area contributed by atoms with E-state index >= 15 is 0 Å². The third kappa shape index (κ3) is 3.89. The number of Topliss-reactive ketones (excluding diaryl/α,β-unsaturated/α-hetero) is 1. The molecule has 0 saturated heterocycles. The normalized spacial score (nSPS) is 11.5. The minimum atomic E-state index is -4.91. The highest BCUT2D eigenvalue weighted by Crippen LogP contribution is 2.30. The maximum Gasteiger partial charge on any atom is 0.471 e. The largest absolute Gasteiger partial charge is 0.471 e. The van der Waals surface area contributed by atoms with Gasteiger partial charge in [-0.2, -0.15) is 18.2 Å². The average Bonchev–Trinajstić information content (AvgIpc) is 3.31. The monoisotopic (exact) mass is 401 g/mol. The van der Waals surface area contributed by atoms with Crippen molar-refractivity contribution in [2.75, 3.05) is 0 Å². The number of hydrogen-bond acceptors (Lipinski definition) is 6. The third-order valence-electron chi connectivity index (χ3n) is 3.44. The Morgan fingerprint density at radius 1 is 1.14 bits per heavy atom. The lowest BCUT2D eigenvalue weighted by Gasteiger charge is -2.08. The molecule has 0 radical (unpaired) electrons. The highest BCUT2D eigenvalue weighted by molar-refractivity contribution is 6.41. The van der Waals surface area contributed by atoms with Crippen LogP contribution >= 0.6 is 0 Å². The van der Waals surface area contributed by atoms with E-state index in [0.29, 0.717) is 12.1 Å². The van der Waals surface area contributed by atoms with Crippen LogP contribution in [0.15, 0.2) is 39.5 Å². The molecule has 0 aliphatic carbocycles. The number of alkyl halides is 3. The summed E-state index contributed by atoms with van der Waals surface area (Å²) in [5.74, 6) is -7.20. The van der Waals surface area contributed by atoms with Crippen LogP contribution < -0.4 is 5.32 Å². The zero-order valence-corrected chi connectivity index (χ0v) is 13.5. The van der Waals surface area contributed by atoms with Crippen molar-refractivity contribution < 1.29 is 40.5 Å². The van der Waals surface area contributed by atoms with Gasteiger partial charge in [-0.3, -0.25) is 9.59 Å². The summed E-state index contributed by atoms with van der Waals surface area (Å²) < 4.78 is 74.5. The molecular formula is C16H8F5N3O4. The lowest BCUT2D eigenvalue weighted by Crippen LogP contribution is -2.31. The summed E-state index contributed by atoms with van der Waals surface area (Å²) in [5.41, 5.74) is -1.03. The fourth-order valence-electron chi connectivity index (χ4n) is 2.13. The van der Waals surface area contributed by atoms with Gasteiger partial charge < -0.3 is 14.3 Å². The number of carbonyl (C=O) groups is 2. The van der Waals surface area contributed by atoms with Crippen molar-refractivity contribution >= 4 is 11.7 Å². The van der Waals surface area contributed by atoms with Gasteiger partial charge in [0.25, 0.3) is 11.7 Å². The lowest BCUT2D eigenvalue weighted by molar-refractivity contribution is -0.159. The minimum Gasteiger partial charge on any atom is -0.461 e. The van der Waals surface area contributed by atoms with Crippen molar-refractivity contribution in [3.8, 4) is 11.4 Å². The second-order valence-corrected chi connectivity index (χ2v) is 5.33. The Morgan fingerprint density at radius 3 is 2.36 bits per heavy atom. The summed E-state index contributed by atoms with van der Waals surface area (Å²) >= 11 is 0. The smallest absolute Gasteiger partial charge is 0.461 e. The Hall–Kier alpha value is -3.57. The molecule has 0 aliphatic heterocycles. The molecule has 0 atom stereocenters. The summed E-state index contributed by atoms with van der Waals surface area (Å²) in [4.78, 5) is 26.5. The van der Waals surface area contributed by atoms with Gasteiger partial charge in [-0.1, -0.05) is 5.16 Å². The Morgan fingerprint density at radius 2 is 1.82 bits per heavy atom. The zero-order chi connectivity index (χ0) is 20.5. The summed E-state index contributed by atoms with van der Waals surface area (Å²) in [6, 6.07) is 3.95. The van der Waals surface area contributed by atoms with Crippen LogP contribution in [0.25, 0.3) is 11.4 Å². The van der Waals surface area contributed by atoms with Gasteiger partial charge in [-0.25, -0.2) is 8.78 Å². The van der Waals surface area contributed by atoms with Crippen LogP contribution in [0.1, 0.15) is 22.0 Å². The minimum absolute atomic E-state index is 0.258. The molecule has 0 saturated carbocycles. The second kappa shape index (κ2) is 7.21. The molecule has 0 unspecified atom stereocenters. The fourth-order valence-corrected chi connectivity index (χ4v) is 2.13. The van der Waals surface area contributed by atoms with Gasteiger partial charge in [-0.15, -0.1) is 0 Å². The Bertz CT molecular complexity index is 1000. The van der Waals surface area contributed by atoms with E-state index in [0.717, 1.165) is 0 Å². The maximum atomic E-state index is 14.2. The highest BCUT2D eigenvalue weighted by atomic mass is 19.4. The van der Waals surface area contributed by atoms with E-state index in [4.69, 9.17) is 4.42 Å². The summed E-state index contributed by atoms with van der Waals surface area (Å²) in [7, 11) is 0. The molecule has 0 fully saturated rings. The van der Waals surface area contributed by atoms with Gasteiger partial charge >= 0.3 is 12.1 Å². The number of benzene rings is 1. The van der Waals surface area contributed by atoms with E-state index in [-0.39, 0.29) is 5.76 Å².